The number of hydrogen-bond acceptors (Lipinski definition) is 4. The molecular weight excluding hydrogens is 411 g/mol. The van der Waals surface area contributed by atoms with Crippen molar-refractivity contribution >= 4 is 16.8 Å². The Labute approximate surface area is 174 Å². The molecule has 0 radical (unpaired) electrons. The lowest BCUT2D eigenvalue weighted by atomic mass is 10.1. The quantitative estimate of drug-likeness (QED) is 0.521. The number of benzene rings is 2. The number of hydrogen-bond donors (Lipinski definition) is 1. The van der Waals surface area contributed by atoms with Gasteiger partial charge in [-0.3, -0.25) is 9.59 Å². The van der Waals surface area contributed by atoms with Gasteiger partial charge in [0.15, 0.2) is 5.76 Å². The first-order valence-corrected chi connectivity index (χ1v) is 9.23. The van der Waals surface area contributed by atoms with Crippen LogP contribution in [0.5, 0.6) is 0 Å². The third-order valence-electron chi connectivity index (χ3n) is 4.69. The fourth-order valence-electron chi connectivity index (χ4n) is 3.15. The number of aromatic amines is 1. The average Bonchev–Trinajstić information content (AvgIpc) is 3.23. The monoisotopic (exact) mass is 427 g/mol. The largest absolute Gasteiger partial charge is 0.451 e. The van der Waals surface area contributed by atoms with Crippen molar-refractivity contribution in [1.29, 1.82) is 0 Å². The van der Waals surface area contributed by atoms with Crippen molar-refractivity contribution in [2.45, 2.75) is 12.7 Å². The van der Waals surface area contributed by atoms with Gasteiger partial charge in [-0.15, -0.1) is 0 Å². The number of rotatable bonds is 4. The Morgan fingerprint density at radius 2 is 1.87 bits per heavy atom. The van der Waals surface area contributed by atoms with Crippen LogP contribution in [0.3, 0.4) is 0 Å². The SMILES string of the molecule is CN(Cc1nc2ccccc2c(=O)[nH]1)C(=O)c1ccc(-c2cccc(C(F)(F)F)c2)o1. The van der Waals surface area contributed by atoms with Crippen LogP contribution < -0.4 is 5.56 Å². The second-order valence-electron chi connectivity index (χ2n) is 6.93. The molecule has 31 heavy (non-hydrogen) atoms. The third kappa shape index (κ3) is 4.20. The van der Waals surface area contributed by atoms with E-state index in [0.717, 1.165) is 12.1 Å². The number of nitrogens with zero attached hydrogens (tertiary/aromatic N) is 2. The molecule has 4 rings (SSSR count). The van der Waals surface area contributed by atoms with Crippen LogP contribution in [0.4, 0.5) is 13.2 Å². The van der Waals surface area contributed by atoms with Crippen molar-refractivity contribution in [3.05, 3.63) is 88.2 Å². The molecule has 0 aliphatic carbocycles. The smallest absolute Gasteiger partial charge is 0.416 e. The molecule has 0 fully saturated rings. The Bertz CT molecular complexity index is 1320. The van der Waals surface area contributed by atoms with E-state index < -0.39 is 17.6 Å². The van der Waals surface area contributed by atoms with Crippen LogP contribution in [0.1, 0.15) is 21.9 Å². The highest BCUT2D eigenvalue weighted by atomic mass is 19.4. The summed E-state index contributed by atoms with van der Waals surface area (Å²) in [6.07, 6.45) is -4.48. The summed E-state index contributed by atoms with van der Waals surface area (Å²) in [6, 6.07) is 14.3. The van der Waals surface area contributed by atoms with Gasteiger partial charge < -0.3 is 14.3 Å². The molecular formula is C22H16F3N3O3. The van der Waals surface area contributed by atoms with Gasteiger partial charge in [-0.05, 0) is 36.4 Å². The summed E-state index contributed by atoms with van der Waals surface area (Å²) in [7, 11) is 1.50. The number of para-hydroxylation sites is 1. The first kappa shape index (κ1) is 20.4. The molecule has 6 nitrogen and oxygen atoms in total. The van der Waals surface area contributed by atoms with E-state index in [1.165, 1.54) is 36.2 Å². The van der Waals surface area contributed by atoms with Gasteiger partial charge in [0.05, 0.1) is 23.0 Å². The molecule has 1 amide bonds. The Balaban J connectivity index is 1.54. The van der Waals surface area contributed by atoms with E-state index in [2.05, 4.69) is 9.97 Å². The summed E-state index contributed by atoms with van der Waals surface area (Å²) in [5, 5.41) is 0.442. The van der Waals surface area contributed by atoms with Crippen molar-refractivity contribution in [3.8, 4) is 11.3 Å². The van der Waals surface area contributed by atoms with Gasteiger partial charge in [0.1, 0.15) is 11.6 Å². The second kappa shape index (κ2) is 7.75. The maximum Gasteiger partial charge on any atom is 0.416 e. The molecule has 0 aliphatic heterocycles. The average molecular weight is 427 g/mol. The van der Waals surface area contributed by atoms with Crippen molar-refractivity contribution in [2.75, 3.05) is 7.05 Å². The van der Waals surface area contributed by atoms with Crippen LogP contribution in [0.2, 0.25) is 0 Å². The van der Waals surface area contributed by atoms with E-state index in [0.29, 0.717) is 16.7 Å². The van der Waals surface area contributed by atoms with Gasteiger partial charge >= 0.3 is 6.18 Å². The standard InChI is InChI=1S/C22H16F3N3O3/c1-28(12-19-26-16-8-3-2-7-15(16)20(29)27-19)21(30)18-10-9-17(31-18)13-5-4-6-14(11-13)22(23,24)25/h2-11H,12H2,1H3,(H,26,27,29). The van der Waals surface area contributed by atoms with Crippen LogP contribution >= 0.6 is 0 Å². The van der Waals surface area contributed by atoms with Crippen LogP contribution in [0.15, 0.2) is 69.9 Å². The van der Waals surface area contributed by atoms with E-state index in [4.69, 9.17) is 4.42 Å². The third-order valence-corrected chi connectivity index (χ3v) is 4.69. The van der Waals surface area contributed by atoms with Gasteiger partial charge in [0.25, 0.3) is 11.5 Å². The number of alkyl halides is 3. The topological polar surface area (TPSA) is 79.2 Å². The van der Waals surface area contributed by atoms with E-state index in [-0.39, 0.29) is 29.2 Å². The fraction of sp³-hybridized carbons (Fsp3) is 0.136. The molecule has 0 atom stereocenters. The second-order valence-corrected chi connectivity index (χ2v) is 6.93. The number of halogens is 3. The number of carbonyl (C=O) groups is 1. The molecule has 4 aromatic rings. The maximum atomic E-state index is 12.9. The highest BCUT2D eigenvalue weighted by Gasteiger charge is 2.30. The highest BCUT2D eigenvalue weighted by molar-refractivity contribution is 5.92. The lowest BCUT2D eigenvalue weighted by molar-refractivity contribution is -0.137. The normalized spacial score (nSPS) is 11.6. The molecule has 0 unspecified atom stereocenters. The predicted molar refractivity (Wildman–Crippen MR) is 107 cm³/mol. The van der Waals surface area contributed by atoms with Gasteiger partial charge in [0.2, 0.25) is 0 Å². The van der Waals surface area contributed by atoms with Crippen LogP contribution in [0, 0.1) is 0 Å². The molecule has 2 aromatic heterocycles. The summed E-state index contributed by atoms with van der Waals surface area (Å²) in [5.74, 6) is -0.114. The Morgan fingerprint density at radius 3 is 2.65 bits per heavy atom. The van der Waals surface area contributed by atoms with E-state index in [1.54, 1.807) is 24.3 Å². The molecule has 1 N–H and O–H groups in total. The molecule has 0 bridgehead atoms. The Hall–Kier alpha value is -3.88. The summed E-state index contributed by atoms with van der Waals surface area (Å²) >= 11 is 0. The van der Waals surface area contributed by atoms with E-state index in [9.17, 15) is 22.8 Å². The molecule has 2 aromatic carbocycles. The summed E-state index contributed by atoms with van der Waals surface area (Å²) in [6.45, 7) is 0.0124. The van der Waals surface area contributed by atoms with Crippen molar-refractivity contribution < 1.29 is 22.4 Å². The van der Waals surface area contributed by atoms with Crippen molar-refractivity contribution in [1.82, 2.24) is 14.9 Å². The molecule has 158 valence electrons. The summed E-state index contributed by atoms with van der Waals surface area (Å²) < 4.78 is 44.3. The molecule has 0 spiro atoms. The Morgan fingerprint density at radius 1 is 1.10 bits per heavy atom. The number of amides is 1. The first-order chi connectivity index (χ1) is 14.7. The number of H-pyrrole nitrogens is 1. The number of furan rings is 1. The highest BCUT2D eigenvalue weighted by Crippen LogP contribution is 2.32. The first-order valence-electron chi connectivity index (χ1n) is 9.23. The zero-order valence-corrected chi connectivity index (χ0v) is 16.2. The molecule has 0 aliphatic rings. The molecule has 0 saturated carbocycles. The molecule has 9 heteroatoms. The minimum atomic E-state index is -4.48. The Kier molecular flexibility index (Phi) is 5.10. The van der Waals surface area contributed by atoms with Gasteiger partial charge in [0, 0.05) is 12.6 Å². The van der Waals surface area contributed by atoms with E-state index >= 15 is 0 Å². The van der Waals surface area contributed by atoms with Crippen molar-refractivity contribution in [2.24, 2.45) is 0 Å². The summed E-state index contributed by atoms with van der Waals surface area (Å²) in [4.78, 5) is 33.2. The van der Waals surface area contributed by atoms with Gasteiger partial charge in [-0.25, -0.2) is 4.98 Å². The number of aromatic nitrogens is 2. The zero-order chi connectivity index (χ0) is 22.2. The van der Waals surface area contributed by atoms with E-state index in [1.807, 2.05) is 0 Å². The fourth-order valence-corrected chi connectivity index (χ4v) is 3.15. The van der Waals surface area contributed by atoms with Crippen LogP contribution in [-0.2, 0) is 12.7 Å². The minimum absolute atomic E-state index is 0.0124. The number of nitrogens with one attached hydrogen (secondary N) is 1. The van der Waals surface area contributed by atoms with Gasteiger partial charge in [-0.2, -0.15) is 13.2 Å². The maximum absolute atomic E-state index is 12.9. The minimum Gasteiger partial charge on any atom is -0.451 e. The lowest BCUT2D eigenvalue weighted by Gasteiger charge is -2.15. The van der Waals surface area contributed by atoms with Gasteiger partial charge in [-0.1, -0.05) is 24.3 Å². The molecule has 0 saturated heterocycles. The predicted octanol–water partition coefficient (Wildman–Crippen LogP) is 4.47. The summed E-state index contributed by atoms with van der Waals surface area (Å²) in [5.41, 5.74) is -0.409. The molecule has 2 heterocycles. The lowest BCUT2D eigenvalue weighted by Crippen LogP contribution is -2.28. The van der Waals surface area contributed by atoms with Crippen molar-refractivity contribution in [3.63, 3.8) is 0 Å². The number of fused-ring (bicyclic) bond motifs is 1. The van der Waals surface area contributed by atoms with Crippen LogP contribution in [0.25, 0.3) is 22.2 Å². The van der Waals surface area contributed by atoms with Crippen LogP contribution in [-0.4, -0.2) is 27.8 Å². The zero-order valence-electron chi connectivity index (χ0n) is 16.2. The number of carbonyl (C=O) groups excluding carboxylic acids is 1.